The van der Waals surface area contributed by atoms with Crippen LogP contribution in [0.25, 0.3) is 0 Å². The number of nitrogens with one attached hydrogen (secondary N) is 1. The molecule has 1 heterocycles. The number of hydrogen-bond donors (Lipinski definition) is 2. The van der Waals surface area contributed by atoms with Gasteiger partial charge in [-0.1, -0.05) is 6.07 Å². The van der Waals surface area contributed by atoms with Crippen LogP contribution in [0.2, 0.25) is 0 Å². The molecule has 1 aliphatic heterocycles. The monoisotopic (exact) mass is 256 g/mol. The van der Waals surface area contributed by atoms with Crippen LogP contribution in [0.1, 0.15) is 18.4 Å². The molecule has 1 atom stereocenters. The first-order valence-electron chi connectivity index (χ1n) is 6.19. The van der Waals surface area contributed by atoms with Crippen LogP contribution in [0, 0.1) is 17.6 Å². The van der Waals surface area contributed by atoms with E-state index in [2.05, 4.69) is 5.43 Å². The molecule has 1 unspecified atom stereocenters. The normalized spacial score (nSPS) is 18.8. The van der Waals surface area contributed by atoms with Gasteiger partial charge in [0.15, 0.2) is 0 Å². The van der Waals surface area contributed by atoms with Crippen LogP contribution >= 0.6 is 0 Å². The summed E-state index contributed by atoms with van der Waals surface area (Å²) in [6.07, 6.45) is 2.00. The smallest absolute Gasteiger partial charge is 0.129 e. The highest BCUT2D eigenvalue weighted by atomic mass is 19.1. The summed E-state index contributed by atoms with van der Waals surface area (Å²) in [4.78, 5) is 0. The van der Waals surface area contributed by atoms with E-state index in [1.807, 2.05) is 0 Å². The standard InChI is InChI=1S/C13H18F2N2O/c14-11-2-1-3-12(15)10(11)8-13(17-16)9-4-6-18-7-5-9/h1-3,9,13,17H,4-8,16H2. The molecule has 3 N–H and O–H groups in total. The second-order valence-corrected chi connectivity index (χ2v) is 4.63. The Morgan fingerprint density at radius 2 is 1.89 bits per heavy atom. The molecule has 18 heavy (non-hydrogen) atoms. The molecule has 0 radical (unpaired) electrons. The lowest BCUT2D eigenvalue weighted by molar-refractivity contribution is 0.0536. The topological polar surface area (TPSA) is 47.3 Å². The predicted molar refractivity (Wildman–Crippen MR) is 64.7 cm³/mol. The zero-order chi connectivity index (χ0) is 13.0. The van der Waals surface area contributed by atoms with Gasteiger partial charge in [-0.05, 0) is 37.3 Å². The molecule has 0 spiro atoms. The lowest BCUT2D eigenvalue weighted by atomic mass is 9.88. The molecule has 1 aliphatic rings. The van der Waals surface area contributed by atoms with Crippen LogP contribution in [0.5, 0.6) is 0 Å². The van der Waals surface area contributed by atoms with Crippen molar-refractivity contribution in [1.29, 1.82) is 0 Å². The fraction of sp³-hybridized carbons (Fsp3) is 0.538. The SMILES string of the molecule is NNC(Cc1c(F)cccc1F)C1CCOCC1. The number of nitrogens with two attached hydrogens (primary N) is 1. The maximum atomic E-state index is 13.6. The summed E-state index contributed by atoms with van der Waals surface area (Å²) in [7, 11) is 0. The van der Waals surface area contributed by atoms with Gasteiger partial charge in [0.2, 0.25) is 0 Å². The van der Waals surface area contributed by atoms with Gasteiger partial charge >= 0.3 is 0 Å². The largest absolute Gasteiger partial charge is 0.381 e. The number of hydrogen-bond acceptors (Lipinski definition) is 3. The van der Waals surface area contributed by atoms with E-state index in [1.165, 1.54) is 18.2 Å². The summed E-state index contributed by atoms with van der Waals surface area (Å²) in [6, 6.07) is 3.79. The van der Waals surface area contributed by atoms with E-state index in [9.17, 15) is 8.78 Å². The van der Waals surface area contributed by atoms with Crippen molar-refractivity contribution < 1.29 is 13.5 Å². The highest BCUT2D eigenvalue weighted by Crippen LogP contribution is 2.23. The third-order valence-corrected chi connectivity index (χ3v) is 3.53. The minimum absolute atomic E-state index is 0.104. The summed E-state index contributed by atoms with van der Waals surface area (Å²) < 4.78 is 32.4. The molecule has 0 bridgehead atoms. The van der Waals surface area contributed by atoms with Crippen LogP contribution in [0.15, 0.2) is 18.2 Å². The molecule has 0 aromatic heterocycles. The number of benzene rings is 1. The first-order chi connectivity index (χ1) is 8.72. The van der Waals surface area contributed by atoms with Crippen molar-refractivity contribution in [2.45, 2.75) is 25.3 Å². The second-order valence-electron chi connectivity index (χ2n) is 4.63. The Labute approximate surface area is 105 Å². The summed E-state index contributed by atoms with van der Waals surface area (Å²) in [6.45, 7) is 1.37. The van der Waals surface area contributed by atoms with E-state index < -0.39 is 11.6 Å². The predicted octanol–water partition coefficient (Wildman–Crippen LogP) is 1.77. The summed E-state index contributed by atoms with van der Waals surface area (Å²) >= 11 is 0. The first-order valence-corrected chi connectivity index (χ1v) is 6.19. The lowest BCUT2D eigenvalue weighted by Gasteiger charge is -2.30. The molecule has 5 heteroatoms. The first kappa shape index (κ1) is 13.4. The van der Waals surface area contributed by atoms with Crippen molar-refractivity contribution in [3.8, 4) is 0 Å². The van der Waals surface area contributed by atoms with Gasteiger partial charge < -0.3 is 4.74 Å². The Hall–Kier alpha value is -1.04. The van der Waals surface area contributed by atoms with Gasteiger partial charge in [-0.2, -0.15) is 0 Å². The minimum atomic E-state index is -0.512. The summed E-state index contributed by atoms with van der Waals surface area (Å²) in [5.74, 6) is 4.79. The van der Waals surface area contributed by atoms with Gasteiger partial charge in [-0.15, -0.1) is 0 Å². The van der Waals surface area contributed by atoms with Crippen LogP contribution < -0.4 is 11.3 Å². The van der Waals surface area contributed by atoms with Crippen molar-refractivity contribution in [1.82, 2.24) is 5.43 Å². The van der Waals surface area contributed by atoms with E-state index in [-0.39, 0.29) is 18.0 Å². The maximum Gasteiger partial charge on any atom is 0.129 e. The molecule has 2 rings (SSSR count). The Morgan fingerprint density at radius 3 is 2.44 bits per heavy atom. The lowest BCUT2D eigenvalue weighted by Crippen LogP contribution is -2.44. The van der Waals surface area contributed by atoms with Crippen molar-refractivity contribution in [2.24, 2.45) is 11.8 Å². The molecule has 0 aliphatic carbocycles. The molecule has 1 aromatic rings. The zero-order valence-electron chi connectivity index (χ0n) is 10.2. The van der Waals surface area contributed by atoms with E-state index in [0.29, 0.717) is 19.1 Å². The van der Waals surface area contributed by atoms with Crippen LogP contribution in [-0.4, -0.2) is 19.3 Å². The van der Waals surface area contributed by atoms with Gasteiger partial charge in [0, 0.05) is 24.8 Å². The van der Waals surface area contributed by atoms with Crippen molar-refractivity contribution >= 4 is 0 Å². The quantitative estimate of drug-likeness (QED) is 0.637. The minimum Gasteiger partial charge on any atom is -0.381 e. The second kappa shape index (κ2) is 6.22. The van der Waals surface area contributed by atoms with Crippen LogP contribution in [0.4, 0.5) is 8.78 Å². The van der Waals surface area contributed by atoms with Crippen molar-refractivity contribution in [2.75, 3.05) is 13.2 Å². The van der Waals surface area contributed by atoms with Crippen molar-refractivity contribution in [3.63, 3.8) is 0 Å². The molecular weight excluding hydrogens is 238 g/mol. The third-order valence-electron chi connectivity index (χ3n) is 3.53. The molecule has 1 fully saturated rings. The Balaban J connectivity index is 2.09. The molecule has 0 amide bonds. The van der Waals surface area contributed by atoms with Gasteiger partial charge in [0.25, 0.3) is 0 Å². The summed E-state index contributed by atoms with van der Waals surface area (Å²) in [5, 5.41) is 0. The fourth-order valence-corrected chi connectivity index (χ4v) is 2.43. The van der Waals surface area contributed by atoms with Crippen molar-refractivity contribution in [3.05, 3.63) is 35.4 Å². The van der Waals surface area contributed by atoms with Gasteiger partial charge in [-0.25, -0.2) is 8.78 Å². The molecule has 0 saturated carbocycles. The van der Waals surface area contributed by atoms with E-state index >= 15 is 0 Å². The van der Waals surface area contributed by atoms with E-state index in [0.717, 1.165) is 12.8 Å². The van der Waals surface area contributed by atoms with Crippen LogP contribution in [-0.2, 0) is 11.2 Å². The molecule has 1 saturated heterocycles. The highest BCUT2D eigenvalue weighted by molar-refractivity contribution is 5.21. The number of ether oxygens (including phenoxy) is 1. The summed E-state index contributed by atoms with van der Waals surface area (Å²) in [5.41, 5.74) is 2.79. The van der Waals surface area contributed by atoms with Gasteiger partial charge in [-0.3, -0.25) is 11.3 Å². The Bertz CT molecular complexity index is 374. The number of rotatable bonds is 4. The Kier molecular flexibility index (Phi) is 4.63. The van der Waals surface area contributed by atoms with E-state index in [1.54, 1.807) is 0 Å². The number of halogens is 2. The molecule has 100 valence electrons. The highest BCUT2D eigenvalue weighted by Gasteiger charge is 2.25. The third kappa shape index (κ3) is 3.04. The van der Waals surface area contributed by atoms with Gasteiger partial charge in [0.1, 0.15) is 11.6 Å². The average Bonchev–Trinajstić information content (AvgIpc) is 2.40. The molecule has 3 nitrogen and oxygen atoms in total. The van der Waals surface area contributed by atoms with Crippen LogP contribution in [0.3, 0.4) is 0 Å². The average molecular weight is 256 g/mol. The maximum absolute atomic E-state index is 13.6. The molecule has 1 aromatic carbocycles. The van der Waals surface area contributed by atoms with E-state index in [4.69, 9.17) is 10.6 Å². The zero-order valence-corrected chi connectivity index (χ0v) is 10.2. The Morgan fingerprint density at radius 1 is 1.28 bits per heavy atom. The fourth-order valence-electron chi connectivity index (χ4n) is 2.43. The number of hydrazine groups is 1. The molecular formula is C13H18F2N2O. The van der Waals surface area contributed by atoms with Gasteiger partial charge in [0.05, 0.1) is 0 Å².